The van der Waals surface area contributed by atoms with Gasteiger partial charge in [-0.2, -0.15) is 0 Å². The van der Waals surface area contributed by atoms with E-state index in [9.17, 15) is 18.3 Å². The van der Waals surface area contributed by atoms with Gasteiger partial charge in [-0.1, -0.05) is 31.2 Å². The van der Waals surface area contributed by atoms with Crippen molar-refractivity contribution in [2.75, 3.05) is 31.8 Å². The van der Waals surface area contributed by atoms with Crippen molar-refractivity contribution in [2.45, 2.75) is 38.5 Å². The predicted molar refractivity (Wildman–Crippen MR) is 123 cm³/mol. The summed E-state index contributed by atoms with van der Waals surface area (Å²) in [5, 5.41) is 10.7. The summed E-state index contributed by atoms with van der Waals surface area (Å²) in [6.45, 7) is 2.95. The molecule has 174 valence electrons. The van der Waals surface area contributed by atoms with Crippen LogP contribution in [0.25, 0.3) is 0 Å². The fraction of sp³-hybridized carbons (Fsp3) is 0.458. The number of hydrogen-bond acceptors (Lipinski definition) is 7. The van der Waals surface area contributed by atoms with E-state index in [-0.39, 0.29) is 30.7 Å². The van der Waals surface area contributed by atoms with Crippen LogP contribution in [0.4, 0.5) is 0 Å². The standard InChI is InChI=1S/C24H31NO6S/c1-3-18-4-6-19(7-5-18)13-25(21-10-11-32(28,29)17-21)14-22(27)16-31-23-9-8-20(15-26)12-24(23)30-2/h4-9,12,15,21-22,27H,3,10-11,13-14,16-17H2,1-2H3. The monoisotopic (exact) mass is 461 g/mol. The fourth-order valence-electron chi connectivity index (χ4n) is 3.91. The number of aliphatic hydroxyl groups excluding tert-OH is 1. The lowest BCUT2D eigenvalue weighted by Gasteiger charge is -2.30. The van der Waals surface area contributed by atoms with Gasteiger partial charge in [0.2, 0.25) is 0 Å². The summed E-state index contributed by atoms with van der Waals surface area (Å²) in [5.41, 5.74) is 2.79. The van der Waals surface area contributed by atoms with Gasteiger partial charge in [0.1, 0.15) is 19.0 Å². The molecule has 1 heterocycles. The van der Waals surface area contributed by atoms with Crippen molar-refractivity contribution in [1.29, 1.82) is 0 Å². The van der Waals surface area contributed by atoms with Crippen molar-refractivity contribution < 1.29 is 27.8 Å². The predicted octanol–water partition coefficient (Wildman–Crippen LogP) is 2.50. The summed E-state index contributed by atoms with van der Waals surface area (Å²) >= 11 is 0. The lowest BCUT2D eigenvalue weighted by molar-refractivity contribution is 0.0517. The SMILES string of the molecule is CCc1ccc(CN(CC(O)COc2ccc(C=O)cc2OC)C2CCS(=O)(=O)C2)cc1. The highest BCUT2D eigenvalue weighted by Crippen LogP contribution is 2.28. The maximum Gasteiger partial charge on any atom is 0.161 e. The third-order valence-electron chi connectivity index (χ3n) is 5.74. The van der Waals surface area contributed by atoms with Gasteiger partial charge in [-0.05, 0) is 42.2 Å². The van der Waals surface area contributed by atoms with Gasteiger partial charge in [-0.25, -0.2) is 8.42 Å². The van der Waals surface area contributed by atoms with Crippen LogP contribution in [-0.2, 0) is 22.8 Å². The van der Waals surface area contributed by atoms with Crippen LogP contribution in [0.15, 0.2) is 42.5 Å². The molecule has 2 unspecified atom stereocenters. The van der Waals surface area contributed by atoms with E-state index >= 15 is 0 Å². The van der Waals surface area contributed by atoms with Gasteiger partial charge in [0, 0.05) is 24.7 Å². The minimum atomic E-state index is -3.05. The summed E-state index contributed by atoms with van der Waals surface area (Å²) in [7, 11) is -1.56. The zero-order valence-electron chi connectivity index (χ0n) is 18.6. The largest absolute Gasteiger partial charge is 0.493 e. The molecule has 0 saturated carbocycles. The molecule has 8 heteroatoms. The van der Waals surface area contributed by atoms with Crippen LogP contribution in [0.5, 0.6) is 11.5 Å². The highest BCUT2D eigenvalue weighted by atomic mass is 32.2. The van der Waals surface area contributed by atoms with E-state index in [0.29, 0.717) is 30.0 Å². The molecule has 2 atom stereocenters. The molecule has 0 aromatic heterocycles. The molecule has 1 fully saturated rings. The Morgan fingerprint density at radius 1 is 1.16 bits per heavy atom. The molecule has 2 aromatic rings. The Balaban J connectivity index is 1.67. The maximum atomic E-state index is 12.0. The summed E-state index contributed by atoms with van der Waals surface area (Å²) in [6, 6.07) is 12.9. The normalized spacial score (nSPS) is 18.4. The molecule has 32 heavy (non-hydrogen) atoms. The Kier molecular flexibility index (Phi) is 8.28. The van der Waals surface area contributed by atoms with Gasteiger partial charge >= 0.3 is 0 Å². The Labute approximate surface area is 189 Å². The molecule has 0 amide bonds. The van der Waals surface area contributed by atoms with Crippen LogP contribution in [0.3, 0.4) is 0 Å². The number of nitrogens with zero attached hydrogens (tertiary/aromatic N) is 1. The number of benzene rings is 2. The number of sulfone groups is 1. The first-order chi connectivity index (χ1) is 15.3. The van der Waals surface area contributed by atoms with Crippen LogP contribution in [0, 0.1) is 0 Å². The van der Waals surface area contributed by atoms with E-state index in [1.54, 1.807) is 18.2 Å². The zero-order valence-corrected chi connectivity index (χ0v) is 19.4. The number of aldehydes is 1. The smallest absolute Gasteiger partial charge is 0.161 e. The van der Waals surface area contributed by atoms with E-state index in [4.69, 9.17) is 9.47 Å². The van der Waals surface area contributed by atoms with Crippen molar-refractivity contribution >= 4 is 16.1 Å². The average Bonchev–Trinajstić information content (AvgIpc) is 3.17. The highest BCUT2D eigenvalue weighted by Gasteiger charge is 2.33. The number of methoxy groups -OCH3 is 1. The molecule has 0 aliphatic carbocycles. The van der Waals surface area contributed by atoms with Gasteiger partial charge in [0.25, 0.3) is 0 Å². The van der Waals surface area contributed by atoms with Crippen molar-refractivity contribution in [2.24, 2.45) is 0 Å². The van der Waals surface area contributed by atoms with Gasteiger partial charge in [-0.15, -0.1) is 0 Å². The van der Waals surface area contributed by atoms with Crippen LogP contribution in [0.1, 0.15) is 34.8 Å². The Hall–Kier alpha value is -2.42. The molecule has 1 saturated heterocycles. The molecular formula is C24H31NO6S. The van der Waals surface area contributed by atoms with Crippen LogP contribution in [0.2, 0.25) is 0 Å². The minimum Gasteiger partial charge on any atom is -0.493 e. The Morgan fingerprint density at radius 3 is 2.47 bits per heavy atom. The van der Waals surface area contributed by atoms with Gasteiger partial charge in [0.05, 0.1) is 18.6 Å². The number of carbonyl (C=O) groups is 1. The van der Waals surface area contributed by atoms with Gasteiger partial charge in [0.15, 0.2) is 21.3 Å². The van der Waals surface area contributed by atoms with E-state index in [1.807, 2.05) is 4.90 Å². The molecule has 3 rings (SSSR count). The number of aryl methyl sites for hydroxylation is 1. The molecule has 0 spiro atoms. The molecule has 1 N–H and O–H groups in total. The molecular weight excluding hydrogens is 430 g/mol. The van der Waals surface area contributed by atoms with E-state index in [0.717, 1.165) is 18.3 Å². The lowest BCUT2D eigenvalue weighted by Crippen LogP contribution is -2.42. The molecule has 0 radical (unpaired) electrons. The van der Waals surface area contributed by atoms with E-state index in [2.05, 4.69) is 31.2 Å². The number of aliphatic hydroxyl groups is 1. The number of rotatable bonds is 11. The first kappa shape index (κ1) is 24.2. The third kappa shape index (κ3) is 6.54. The molecule has 2 aromatic carbocycles. The second-order valence-electron chi connectivity index (χ2n) is 8.15. The lowest BCUT2D eigenvalue weighted by atomic mass is 10.1. The maximum absolute atomic E-state index is 12.0. The van der Waals surface area contributed by atoms with E-state index in [1.165, 1.54) is 12.7 Å². The van der Waals surface area contributed by atoms with Crippen molar-refractivity contribution in [3.8, 4) is 11.5 Å². The summed E-state index contributed by atoms with van der Waals surface area (Å²) < 4.78 is 35.1. The zero-order chi connectivity index (χ0) is 23.1. The third-order valence-corrected chi connectivity index (χ3v) is 7.49. The fourth-order valence-corrected chi connectivity index (χ4v) is 5.67. The Bertz CT molecular complexity index is 1010. The van der Waals surface area contributed by atoms with E-state index < -0.39 is 15.9 Å². The minimum absolute atomic E-state index is 0.0154. The number of hydrogen-bond donors (Lipinski definition) is 1. The van der Waals surface area contributed by atoms with Gasteiger partial charge < -0.3 is 14.6 Å². The van der Waals surface area contributed by atoms with Crippen molar-refractivity contribution in [3.63, 3.8) is 0 Å². The molecule has 0 bridgehead atoms. The van der Waals surface area contributed by atoms with Crippen molar-refractivity contribution in [3.05, 3.63) is 59.2 Å². The summed E-state index contributed by atoms with van der Waals surface area (Å²) in [6.07, 6.45) is 1.41. The first-order valence-electron chi connectivity index (χ1n) is 10.8. The van der Waals surface area contributed by atoms with Crippen molar-refractivity contribution in [1.82, 2.24) is 4.90 Å². The Morgan fingerprint density at radius 2 is 1.88 bits per heavy atom. The average molecular weight is 462 g/mol. The van der Waals surface area contributed by atoms with Gasteiger partial charge in [-0.3, -0.25) is 9.69 Å². The second kappa shape index (κ2) is 10.9. The molecule has 1 aliphatic rings. The second-order valence-corrected chi connectivity index (χ2v) is 10.4. The number of carbonyl (C=O) groups excluding carboxylic acids is 1. The number of ether oxygens (including phenoxy) is 2. The quantitative estimate of drug-likeness (QED) is 0.514. The molecule has 1 aliphatic heterocycles. The van der Waals surface area contributed by atoms with Crippen LogP contribution >= 0.6 is 0 Å². The first-order valence-corrected chi connectivity index (χ1v) is 12.6. The van der Waals surface area contributed by atoms with Crippen LogP contribution < -0.4 is 9.47 Å². The highest BCUT2D eigenvalue weighted by molar-refractivity contribution is 7.91. The summed E-state index contributed by atoms with van der Waals surface area (Å²) in [4.78, 5) is 13.0. The summed E-state index contributed by atoms with van der Waals surface area (Å²) in [5.74, 6) is 1.13. The van der Waals surface area contributed by atoms with Crippen LogP contribution in [-0.4, -0.2) is 68.6 Å². The topological polar surface area (TPSA) is 93.1 Å². The molecule has 7 nitrogen and oxygen atoms in total.